The Morgan fingerprint density at radius 2 is 2.29 bits per heavy atom. The third-order valence-electron chi connectivity index (χ3n) is 3.09. The Morgan fingerprint density at radius 3 is 3.06 bits per heavy atom. The predicted octanol–water partition coefficient (Wildman–Crippen LogP) is 4.02. The Hall–Kier alpha value is -1.28. The molecule has 0 heterocycles. The summed E-state index contributed by atoms with van der Waals surface area (Å²) in [5.41, 5.74) is 1.81. The molecule has 0 aliphatic heterocycles. The van der Waals surface area contributed by atoms with Crippen molar-refractivity contribution in [2.75, 3.05) is 5.32 Å². The summed E-state index contributed by atoms with van der Waals surface area (Å²) < 4.78 is 0. The molecule has 0 bridgehead atoms. The zero-order valence-electron chi connectivity index (χ0n) is 9.87. The second kappa shape index (κ2) is 5.37. The minimum absolute atomic E-state index is 0.163. The van der Waals surface area contributed by atoms with E-state index < -0.39 is 0 Å². The van der Waals surface area contributed by atoms with E-state index in [0.29, 0.717) is 5.02 Å². The van der Waals surface area contributed by atoms with Crippen molar-refractivity contribution in [3.8, 4) is 0 Å². The molecule has 1 aliphatic carbocycles. The monoisotopic (exact) mass is 249 g/mol. The van der Waals surface area contributed by atoms with Crippen LogP contribution < -0.4 is 5.32 Å². The Labute approximate surface area is 107 Å². The molecule has 3 heteroatoms. The van der Waals surface area contributed by atoms with E-state index in [1.165, 1.54) is 0 Å². The van der Waals surface area contributed by atoms with Gasteiger partial charge >= 0.3 is 0 Å². The van der Waals surface area contributed by atoms with Crippen LogP contribution in [0.15, 0.2) is 36.0 Å². The van der Waals surface area contributed by atoms with Gasteiger partial charge in [-0.05, 0) is 37.5 Å². The molecule has 1 N–H and O–H groups in total. The second-order valence-electron chi connectivity index (χ2n) is 4.48. The minimum Gasteiger partial charge on any atom is -0.361 e. The maximum absolute atomic E-state index is 11.9. The first kappa shape index (κ1) is 12.2. The molecule has 0 unspecified atom stereocenters. The molecule has 1 aliphatic rings. The van der Waals surface area contributed by atoms with Gasteiger partial charge in [0.1, 0.15) is 0 Å². The highest BCUT2D eigenvalue weighted by molar-refractivity contribution is 6.30. The van der Waals surface area contributed by atoms with Gasteiger partial charge in [-0.3, -0.25) is 4.79 Å². The highest BCUT2D eigenvalue weighted by atomic mass is 35.5. The summed E-state index contributed by atoms with van der Waals surface area (Å²) in [5, 5.41) is 3.83. The van der Waals surface area contributed by atoms with Crippen molar-refractivity contribution >= 4 is 23.1 Å². The van der Waals surface area contributed by atoms with E-state index in [0.717, 1.165) is 30.5 Å². The van der Waals surface area contributed by atoms with Gasteiger partial charge in [-0.1, -0.05) is 24.6 Å². The topological polar surface area (TPSA) is 29.1 Å². The van der Waals surface area contributed by atoms with Crippen molar-refractivity contribution in [1.29, 1.82) is 0 Å². The fraction of sp³-hybridized carbons (Fsp3) is 0.357. The number of allylic oxidation sites excluding steroid dienone is 1. The van der Waals surface area contributed by atoms with E-state index in [4.69, 9.17) is 11.6 Å². The van der Waals surface area contributed by atoms with Crippen molar-refractivity contribution in [2.45, 2.75) is 26.2 Å². The van der Waals surface area contributed by atoms with E-state index in [-0.39, 0.29) is 11.7 Å². The van der Waals surface area contributed by atoms with Crippen molar-refractivity contribution < 1.29 is 4.79 Å². The van der Waals surface area contributed by atoms with E-state index >= 15 is 0 Å². The van der Waals surface area contributed by atoms with Crippen molar-refractivity contribution in [2.24, 2.45) is 5.92 Å². The largest absolute Gasteiger partial charge is 0.361 e. The molecule has 17 heavy (non-hydrogen) atoms. The lowest BCUT2D eigenvalue weighted by atomic mass is 9.86. The zero-order valence-corrected chi connectivity index (χ0v) is 10.6. The summed E-state index contributed by atoms with van der Waals surface area (Å²) in [6.45, 7) is 1.99. The van der Waals surface area contributed by atoms with Crippen LogP contribution in [-0.4, -0.2) is 5.78 Å². The smallest absolute Gasteiger partial charge is 0.163 e. The fourth-order valence-corrected chi connectivity index (χ4v) is 2.25. The summed E-state index contributed by atoms with van der Waals surface area (Å²) in [6, 6.07) is 7.48. The summed E-state index contributed by atoms with van der Waals surface area (Å²) >= 11 is 5.89. The van der Waals surface area contributed by atoms with Gasteiger partial charge in [0, 0.05) is 28.4 Å². The molecule has 0 radical (unpaired) electrons. The first-order valence-electron chi connectivity index (χ1n) is 5.92. The Balaban J connectivity index is 2.07. The quantitative estimate of drug-likeness (QED) is 0.802. The maximum Gasteiger partial charge on any atom is 0.163 e. The number of hydrogen-bond acceptors (Lipinski definition) is 2. The van der Waals surface area contributed by atoms with Crippen molar-refractivity contribution in [1.82, 2.24) is 0 Å². The lowest BCUT2D eigenvalue weighted by Crippen LogP contribution is -2.19. The molecular weight excluding hydrogens is 234 g/mol. The molecule has 0 spiro atoms. The third kappa shape index (κ3) is 3.10. The first-order chi connectivity index (χ1) is 8.16. The molecule has 1 aromatic rings. The van der Waals surface area contributed by atoms with Crippen LogP contribution in [0.3, 0.4) is 0 Å². The Morgan fingerprint density at radius 1 is 1.47 bits per heavy atom. The third-order valence-corrected chi connectivity index (χ3v) is 3.32. The van der Waals surface area contributed by atoms with Gasteiger partial charge < -0.3 is 5.32 Å². The average molecular weight is 250 g/mol. The van der Waals surface area contributed by atoms with Crippen LogP contribution in [0.5, 0.6) is 0 Å². The standard InChI is InChI=1S/C14H16ClNO/c1-10-4-2-5-11(14(10)17)9-16-13-7-3-6-12(15)8-13/h3,6-10,16H,2,4-5H2,1H3/b11-9-/t10-/m0/s1. The van der Waals surface area contributed by atoms with Crippen LogP contribution in [0.4, 0.5) is 5.69 Å². The first-order valence-corrected chi connectivity index (χ1v) is 6.30. The molecule has 1 aromatic carbocycles. The van der Waals surface area contributed by atoms with Crippen LogP contribution >= 0.6 is 11.6 Å². The summed E-state index contributed by atoms with van der Waals surface area (Å²) in [7, 11) is 0. The van der Waals surface area contributed by atoms with E-state index in [2.05, 4.69) is 5.32 Å². The molecule has 2 nitrogen and oxygen atoms in total. The van der Waals surface area contributed by atoms with E-state index in [9.17, 15) is 4.79 Å². The van der Waals surface area contributed by atoms with Gasteiger partial charge in [0.05, 0.1) is 0 Å². The normalized spacial score (nSPS) is 22.8. The highest BCUT2D eigenvalue weighted by Gasteiger charge is 2.22. The number of hydrogen-bond donors (Lipinski definition) is 1. The number of benzene rings is 1. The second-order valence-corrected chi connectivity index (χ2v) is 4.92. The summed E-state index contributed by atoms with van der Waals surface area (Å²) in [4.78, 5) is 11.9. The number of carbonyl (C=O) groups excluding carboxylic acids is 1. The van der Waals surface area contributed by atoms with Gasteiger partial charge in [0.25, 0.3) is 0 Å². The van der Waals surface area contributed by atoms with Gasteiger partial charge in [0.15, 0.2) is 5.78 Å². The molecule has 1 atom stereocenters. The molecular formula is C14H16ClNO. The van der Waals surface area contributed by atoms with Gasteiger partial charge in [-0.2, -0.15) is 0 Å². The number of Topliss-reactive ketones (excluding diaryl/α,β-unsaturated/α-hetero) is 1. The Bertz CT molecular complexity index is 453. The number of carbonyl (C=O) groups is 1. The number of ketones is 1. The molecule has 0 amide bonds. The minimum atomic E-state index is 0.163. The fourth-order valence-electron chi connectivity index (χ4n) is 2.06. The lowest BCUT2D eigenvalue weighted by molar-refractivity contribution is -0.119. The van der Waals surface area contributed by atoms with Crippen molar-refractivity contribution in [3.05, 3.63) is 41.1 Å². The maximum atomic E-state index is 11.9. The molecule has 0 aromatic heterocycles. The lowest BCUT2D eigenvalue weighted by Gasteiger charge is -2.19. The van der Waals surface area contributed by atoms with Gasteiger partial charge in [-0.25, -0.2) is 0 Å². The molecule has 2 rings (SSSR count). The van der Waals surface area contributed by atoms with Gasteiger partial charge in [0.2, 0.25) is 0 Å². The number of halogens is 1. The molecule has 1 fully saturated rings. The number of anilines is 1. The summed E-state index contributed by atoms with van der Waals surface area (Å²) in [5.74, 6) is 0.432. The van der Waals surface area contributed by atoms with Crippen molar-refractivity contribution in [3.63, 3.8) is 0 Å². The predicted molar refractivity (Wildman–Crippen MR) is 71.2 cm³/mol. The average Bonchev–Trinajstić information content (AvgIpc) is 2.31. The number of nitrogens with one attached hydrogen (secondary N) is 1. The number of rotatable bonds is 2. The molecule has 1 saturated carbocycles. The molecule has 90 valence electrons. The van der Waals surface area contributed by atoms with Crippen LogP contribution in [0.2, 0.25) is 5.02 Å². The van der Waals surface area contributed by atoms with Crippen LogP contribution in [0.1, 0.15) is 26.2 Å². The SMILES string of the molecule is C[C@H]1CCC/C(=C/Nc2cccc(Cl)c2)C1=O. The highest BCUT2D eigenvalue weighted by Crippen LogP contribution is 2.25. The summed E-state index contributed by atoms with van der Waals surface area (Å²) in [6.07, 6.45) is 4.80. The van der Waals surface area contributed by atoms with Crippen LogP contribution in [0, 0.1) is 5.92 Å². The van der Waals surface area contributed by atoms with E-state index in [1.807, 2.05) is 37.4 Å². The van der Waals surface area contributed by atoms with Crippen LogP contribution in [-0.2, 0) is 4.79 Å². The Kier molecular flexibility index (Phi) is 3.85. The molecule has 0 saturated heterocycles. The zero-order chi connectivity index (χ0) is 12.3. The van der Waals surface area contributed by atoms with Crippen LogP contribution in [0.25, 0.3) is 0 Å². The van der Waals surface area contributed by atoms with Gasteiger partial charge in [-0.15, -0.1) is 0 Å². The van der Waals surface area contributed by atoms with E-state index in [1.54, 1.807) is 0 Å².